The molecule has 1 heterocycles. The third-order valence-electron chi connectivity index (χ3n) is 3.83. The lowest BCUT2D eigenvalue weighted by atomic mass is 9.92. The van der Waals surface area contributed by atoms with Gasteiger partial charge in [-0.05, 0) is 45.3 Å². The van der Waals surface area contributed by atoms with Crippen LogP contribution in [0.5, 0.6) is 0 Å². The molecule has 0 aliphatic heterocycles. The van der Waals surface area contributed by atoms with Crippen molar-refractivity contribution >= 4 is 0 Å². The van der Waals surface area contributed by atoms with Crippen LogP contribution in [0.25, 0.3) is 0 Å². The van der Waals surface area contributed by atoms with Crippen LogP contribution in [0.4, 0.5) is 0 Å². The van der Waals surface area contributed by atoms with Crippen molar-refractivity contribution in [2.75, 3.05) is 20.6 Å². The molecule has 108 valence electrons. The molecule has 19 heavy (non-hydrogen) atoms. The normalized spacial score (nSPS) is 20.8. The molecule has 1 N–H and O–H groups in total. The molecule has 2 unspecified atom stereocenters. The monoisotopic (exact) mass is 264 g/mol. The predicted octanol–water partition coefficient (Wildman–Crippen LogP) is 3.22. The van der Waals surface area contributed by atoms with Crippen LogP contribution in [0.15, 0.2) is 16.7 Å². The summed E-state index contributed by atoms with van der Waals surface area (Å²) in [5.41, 5.74) is 1.39. The van der Waals surface area contributed by atoms with Crippen molar-refractivity contribution in [1.29, 1.82) is 0 Å². The molecule has 1 aliphatic carbocycles. The van der Waals surface area contributed by atoms with Crippen LogP contribution in [0, 0.1) is 5.92 Å². The minimum atomic E-state index is 0.478. The van der Waals surface area contributed by atoms with Gasteiger partial charge >= 0.3 is 0 Å². The fourth-order valence-electron chi connectivity index (χ4n) is 3.15. The molecule has 2 rings (SSSR count). The van der Waals surface area contributed by atoms with Gasteiger partial charge in [0.15, 0.2) is 0 Å². The number of furan rings is 1. The lowest BCUT2D eigenvalue weighted by Gasteiger charge is -2.31. The second kappa shape index (κ2) is 6.58. The molecule has 0 amide bonds. The van der Waals surface area contributed by atoms with Gasteiger partial charge in [0, 0.05) is 30.6 Å². The van der Waals surface area contributed by atoms with Crippen LogP contribution >= 0.6 is 0 Å². The van der Waals surface area contributed by atoms with Crippen molar-refractivity contribution in [2.24, 2.45) is 5.92 Å². The number of fused-ring (bicyclic) bond motifs is 1. The van der Waals surface area contributed by atoms with Crippen LogP contribution in [-0.2, 0) is 6.42 Å². The van der Waals surface area contributed by atoms with Gasteiger partial charge in [-0.3, -0.25) is 0 Å². The van der Waals surface area contributed by atoms with E-state index in [1.807, 2.05) is 6.26 Å². The quantitative estimate of drug-likeness (QED) is 0.855. The average molecular weight is 264 g/mol. The Kier molecular flexibility index (Phi) is 5.06. The van der Waals surface area contributed by atoms with Crippen molar-refractivity contribution in [3.8, 4) is 0 Å². The van der Waals surface area contributed by atoms with Gasteiger partial charge in [-0.15, -0.1) is 0 Å². The third kappa shape index (κ3) is 4.08. The van der Waals surface area contributed by atoms with Crippen LogP contribution < -0.4 is 5.32 Å². The Hall–Kier alpha value is -0.800. The highest BCUT2D eigenvalue weighted by molar-refractivity contribution is 5.24. The number of likely N-dealkylation sites (N-methyl/N-ethyl adjacent to an activating group) is 1. The standard InChI is InChI=1S/C16H28N2O/c1-12(2)10-13(11-18(3)4)17-15-6-5-7-16-14(15)8-9-19-16/h8-9,12-13,15,17H,5-7,10-11H2,1-4H3. The zero-order valence-electron chi connectivity index (χ0n) is 12.8. The van der Waals surface area contributed by atoms with Gasteiger partial charge in [-0.1, -0.05) is 13.8 Å². The first kappa shape index (κ1) is 14.6. The molecule has 3 heteroatoms. The van der Waals surface area contributed by atoms with E-state index >= 15 is 0 Å². The van der Waals surface area contributed by atoms with Crippen molar-refractivity contribution in [2.45, 2.75) is 51.6 Å². The minimum absolute atomic E-state index is 0.478. The zero-order chi connectivity index (χ0) is 13.8. The molecule has 1 aromatic heterocycles. The Morgan fingerprint density at radius 1 is 1.42 bits per heavy atom. The zero-order valence-corrected chi connectivity index (χ0v) is 12.8. The summed E-state index contributed by atoms with van der Waals surface area (Å²) in [6, 6.07) is 3.18. The molecule has 0 fully saturated rings. The summed E-state index contributed by atoms with van der Waals surface area (Å²) in [7, 11) is 4.30. The van der Waals surface area contributed by atoms with Crippen LogP contribution in [0.2, 0.25) is 0 Å². The lowest BCUT2D eigenvalue weighted by molar-refractivity contribution is 0.274. The van der Waals surface area contributed by atoms with E-state index < -0.39 is 0 Å². The maximum absolute atomic E-state index is 5.58. The maximum Gasteiger partial charge on any atom is 0.108 e. The smallest absolute Gasteiger partial charge is 0.108 e. The van der Waals surface area contributed by atoms with E-state index in [1.54, 1.807) is 0 Å². The van der Waals surface area contributed by atoms with Gasteiger partial charge in [0.2, 0.25) is 0 Å². The molecule has 1 aromatic rings. The van der Waals surface area contributed by atoms with Gasteiger partial charge in [0.05, 0.1) is 6.26 Å². The van der Waals surface area contributed by atoms with E-state index in [4.69, 9.17) is 4.42 Å². The summed E-state index contributed by atoms with van der Waals surface area (Å²) in [4.78, 5) is 2.28. The number of rotatable bonds is 6. The van der Waals surface area contributed by atoms with Gasteiger partial charge in [0.1, 0.15) is 5.76 Å². The van der Waals surface area contributed by atoms with Crippen molar-refractivity contribution in [3.05, 3.63) is 23.7 Å². The molecule has 0 radical (unpaired) electrons. The summed E-state index contributed by atoms with van der Waals surface area (Å²) >= 11 is 0. The third-order valence-corrected chi connectivity index (χ3v) is 3.83. The van der Waals surface area contributed by atoms with E-state index in [9.17, 15) is 0 Å². The molecule has 0 spiro atoms. The van der Waals surface area contributed by atoms with Crippen LogP contribution in [0.3, 0.4) is 0 Å². The van der Waals surface area contributed by atoms with E-state index in [2.05, 4.69) is 44.2 Å². The maximum atomic E-state index is 5.58. The summed E-state index contributed by atoms with van der Waals surface area (Å²) in [6.45, 7) is 5.70. The van der Waals surface area contributed by atoms with Crippen LogP contribution in [-0.4, -0.2) is 31.6 Å². The Bertz CT molecular complexity index is 374. The average Bonchev–Trinajstić information content (AvgIpc) is 2.76. The molecular formula is C16H28N2O. The molecule has 0 aromatic carbocycles. The second-order valence-corrected chi connectivity index (χ2v) is 6.50. The van der Waals surface area contributed by atoms with E-state index in [0.717, 1.165) is 18.9 Å². The fraction of sp³-hybridized carbons (Fsp3) is 0.750. The fourth-order valence-corrected chi connectivity index (χ4v) is 3.15. The van der Waals surface area contributed by atoms with E-state index in [1.165, 1.54) is 30.6 Å². The number of hydrogen-bond donors (Lipinski definition) is 1. The topological polar surface area (TPSA) is 28.4 Å². The summed E-state index contributed by atoms with van der Waals surface area (Å²) in [5, 5.41) is 3.86. The molecule has 0 saturated carbocycles. The summed E-state index contributed by atoms with van der Waals surface area (Å²) in [6.07, 6.45) is 6.63. The SMILES string of the molecule is CC(C)CC(CN(C)C)NC1CCCc2occc21. The first-order valence-electron chi connectivity index (χ1n) is 7.53. The number of nitrogens with one attached hydrogen (secondary N) is 1. The number of aryl methyl sites for hydroxylation is 1. The van der Waals surface area contributed by atoms with Gasteiger partial charge in [-0.25, -0.2) is 0 Å². The summed E-state index contributed by atoms with van der Waals surface area (Å²) < 4.78 is 5.58. The van der Waals surface area contributed by atoms with Crippen molar-refractivity contribution in [3.63, 3.8) is 0 Å². The molecule has 3 nitrogen and oxygen atoms in total. The highest BCUT2D eigenvalue weighted by Gasteiger charge is 2.25. The second-order valence-electron chi connectivity index (χ2n) is 6.50. The largest absolute Gasteiger partial charge is 0.469 e. The van der Waals surface area contributed by atoms with Gasteiger partial charge in [0.25, 0.3) is 0 Å². The molecular weight excluding hydrogens is 236 g/mol. The highest BCUT2D eigenvalue weighted by atomic mass is 16.3. The Morgan fingerprint density at radius 2 is 2.21 bits per heavy atom. The van der Waals surface area contributed by atoms with Crippen molar-refractivity contribution < 1.29 is 4.42 Å². The molecule has 0 bridgehead atoms. The predicted molar refractivity (Wildman–Crippen MR) is 79.3 cm³/mol. The molecule has 0 saturated heterocycles. The molecule has 2 atom stereocenters. The first-order valence-corrected chi connectivity index (χ1v) is 7.53. The summed E-state index contributed by atoms with van der Waals surface area (Å²) in [5.74, 6) is 1.92. The minimum Gasteiger partial charge on any atom is -0.469 e. The Labute approximate surface area is 117 Å². The molecule has 1 aliphatic rings. The first-order chi connectivity index (χ1) is 9.06. The van der Waals surface area contributed by atoms with Gasteiger partial charge in [-0.2, -0.15) is 0 Å². The van der Waals surface area contributed by atoms with E-state index in [0.29, 0.717) is 12.1 Å². The number of hydrogen-bond acceptors (Lipinski definition) is 3. The van der Waals surface area contributed by atoms with Crippen LogP contribution in [0.1, 0.15) is 50.5 Å². The lowest BCUT2D eigenvalue weighted by Crippen LogP contribution is -2.41. The highest BCUT2D eigenvalue weighted by Crippen LogP contribution is 2.31. The van der Waals surface area contributed by atoms with E-state index in [-0.39, 0.29) is 0 Å². The Morgan fingerprint density at radius 3 is 2.89 bits per heavy atom. The van der Waals surface area contributed by atoms with Gasteiger partial charge < -0.3 is 14.6 Å². The van der Waals surface area contributed by atoms with Crippen molar-refractivity contribution in [1.82, 2.24) is 10.2 Å². The Balaban J connectivity index is 2.01. The number of nitrogens with zero attached hydrogens (tertiary/aromatic N) is 1.